The van der Waals surface area contributed by atoms with Gasteiger partial charge in [0.1, 0.15) is 5.82 Å². The number of anilines is 1. The second-order valence-corrected chi connectivity index (χ2v) is 5.76. The number of aromatic nitrogens is 2. The van der Waals surface area contributed by atoms with E-state index in [-0.39, 0.29) is 24.3 Å². The van der Waals surface area contributed by atoms with Gasteiger partial charge >= 0.3 is 0 Å². The lowest BCUT2D eigenvalue weighted by Gasteiger charge is -2.14. The van der Waals surface area contributed by atoms with Gasteiger partial charge in [-0.2, -0.15) is 16.4 Å². The second-order valence-electron chi connectivity index (χ2n) is 4.98. The minimum absolute atomic E-state index is 0.143. The van der Waals surface area contributed by atoms with Gasteiger partial charge in [-0.3, -0.25) is 9.59 Å². The van der Waals surface area contributed by atoms with Gasteiger partial charge in [-0.15, -0.1) is 0 Å². The maximum atomic E-state index is 11.9. The molecule has 2 N–H and O–H groups in total. The zero-order chi connectivity index (χ0) is 15.9. The fourth-order valence-corrected chi connectivity index (χ4v) is 2.56. The Bertz CT molecular complexity index is 621. The minimum Gasteiger partial charge on any atom is -0.351 e. The molecule has 2 heterocycles. The molecule has 6 nitrogen and oxygen atoms in total. The Hall–Kier alpha value is -2.15. The first kappa shape index (κ1) is 16.2. The summed E-state index contributed by atoms with van der Waals surface area (Å²) in [6.45, 7) is 4.42. The number of nitrogens with zero attached hydrogens (tertiary/aromatic N) is 2. The van der Waals surface area contributed by atoms with Crippen molar-refractivity contribution in [3.8, 4) is 0 Å². The molecule has 0 aromatic carbocycles. The predicted molar refractivity (Wildman–Crippen MR) is 87.1 cm³/mol. The Morgan fingerprint density at radius 3 is 2.91 bits per heavy atom. The lowest BCUT2D eigenvalue weighted by Crippen LogP contribution is -2.27. The number of rotatable bonds is 7. The first-order valence-electron chi connectivity index (χ1n) is 7.25. The van der Waals surface area contributed by atoms with E-state index in [0.717, 1.165) is 6.42 Å². The Labute approximate surface area is 133 Å². The molecule has 2 aromatic rings. The standard InChI is InChI=1S/C15H20N4O2S/c1-3-11(2)19-13(4-8-17-19)18-14(20)5-7-16-15(21)12-6-9-22-10-12/h4,6,8-11H,3,5,7H2,1-2H3,(H,16,21)(H,18,20). The van der Waals surface area contributed by atoms with Gasteiger partial charge in [-0.25, -0.2) is 4.68 Å². The van der Waals surface area contributed by atoms with E-state index in [4.69, 9.17) is 0 Å². The molecule has 22 heavy (non-hydrogen) atoms. The average molecular weight is 320 g/mol. The van der Waals surface area contributed by atoms with Gasteiger partial charge in [0.15, 0.2) is 0 Å². The minimum atomic E-state index is -0.154. The molecule has 7 heteroatoms. The molecule has 0 bridgehead atoms. The van der Waals surface area contributed by atoms with Crippen LogP contribution in [0.2, 0.25) is 0 Å². The molecular weight excluding hydrogens is 300 g/mol. The van der Waals surface area contributed by atoms with Crippen LogP contribution in [-0.2, 0) is 4.79 Å². The van der Waals surface area contributed by atoms with Gasteiger partial charge in [0.25, 0.3) is 5.91 Å². The zero-order valence-electron chi connectivity index (χ0n) is 12.7. The average Bonchev–Trinajstić information content (AvgIpc) is 3.17. The summed E-state index contributed by atoms with van der Waals surface area (Å²) < 4.78 is 1.79. The van der Waals surface area contributed by atoms with Crippen LogP contribution < -0.4 is 10.6 Å². The largest absolute Gasteiger partial charge is 0.351 e. The quantitative estimate of drug-likeness (QED) is 0.823. The van der Waals surface area contributed by atoms with Crippen molar-refractivity contribution >= 4 is 29.0 Å². The number of amides is 2. The lowest BCUT2D eigenvalue weighted by atomic mass is 10.3. The van der Waals surface area contributed by atoms with Crippen molar-refractivity contribution < 1.29 is 9.59 Å². The van der Waals surface area contributed by atoms with Crippen molar-refractivity contribution in [3.63, 3.8) is 0 Å². The van der Waals surface area contributed by atoms with Crippen molar-refractivity contribution in [3.05, 3.63) is 34.7 Å². The summed E-state index contributed by atoms with van der Waals surface area (Å²) >= 11 is 1.47. The van der Waals surface area contributed by atoms with Crippen molar-refractivity contribution in [2.24, 2.45) is 0 Å². The maximum absolute atomic E-state index is 11.9. The number of thiophene rings is 1. The van der Waals surface area contributed by atoms with Crippen LogP contribution >= 0.6 is 11.3 Å². The topological polar surface area (TPSA) is 76.0 Å². The van der Waals surface area contributed by atoms with Gasteiger partial charge in [-0.1, -0.05) is 6.92 Å². The SMILES string of the molecule is CCC(C)n1nccc1NC(=O)CCNC(=O)c1ccsc1. The van der Waals surface area contributed by atoms with E-state index < -0.39 is 0 Å². The summed E-state index contributed by atoms with van der Waals surface area (Å²) in [6.07, 6.45) is 2.82. The van der Waals surface area contributed by atoms with E-state index >= 15 is 0 Å². The highest BCUT2D eigenvalue weighted by molar-refractivity contribution is 7.08. The first-order chi connectivity index (χ1) is 10.6. The summed E-state index contributed by atoms with van der Waals surface area (Å²) in [5, 5.41) is 13.4. The highest BCUT2D eigenvalue weighted by Gasteiger charge is 2.11. The van der Waals surface area contributed by atoms with Crippen molar-refractivity contribution in [2.45, 2.75) is 32.7 Å². The molecule has 2 rings (SSSR count). The molecule has 0 aliphatic rings. The fraction of sp³-hybridized carbons (Fsp3) is 0.400. The van der Waals surface area contributed by atoms with Gasteiger partial charge in [-0.05, 0) is 24.8 Å². The van der Waals surface area contributed by atoms with Crippen LogP contribution in [0.1, 0.15) is 43.1 Å². The Kier molecular flexibility index (Phi) is 5.71. The third-order valence-electron chi connectivity index (χ3n) is 3.37. The molecule has 0 aliphatic carbocycles. The molecule has 1 atom stereocenters. The van der Waals surface area contributed by atoms with Crippen LogP contribution in [-0.4, -0.2) is 28.1 Å². The van der Waals surface area contributed by atoms with Crippen LogP contribution in [0.25, 0.3) is 0 Å². The molecule has 1 unspecified atom stereocenters. The second kappa shape index (κ2) is 7.74. The number of hydrogen-bond acceptors (Lipinski definition) is 4. The summed E-state index contributed by atoms with van der Waals surface area (Å²) in [7, 11) is 0. The van der Waals surface area contributed by atoms with Crippen LogP contribution in [0.4, 0.5) is 5.82 Å². The first-order valence-corrected chi connectivity index (χ1v) is 8.19. The van der Waals surface area contributed by atoms with Gasteiger partial charge in [0.05, 0.1) is 12.2 Å². The molecule has 2 aromatic heterocycles. The molecule has 0 saturated heterocycles. The predicted octanol–water partition coefficient (Wildman–Crippen LogP) is 2.67. The normalized spacial score (nSPS) is 11.9. The van der Waals surface area contributed by atoms with E-state index in [0.29, 0.717) is 17.9 Å². The molecule has 0 radical (unpaired) electrons. The number of carbonyl (C=O) groups excluding carboxylic acids is 2. The molecule has 0 aliphatic heterocycles. The fourth-order valence-electron chi connectivity index (χ4n) is 1.93. The molecular formula is C15H20N4O2S. The maximum Gasteiger partial charge on any atom is 0.252 e. The van der Waals surface area contributed by atoms with Crippen LogP contribution in [0.15, 0.2) is 29.1 Å². The van der Waals surface area contributed by atoms with Crippen LogP contribution in [0.5, 0.6) is 0 Å². The Morgan fingerprint density at radius 1 is 1.41 bits per heavy atom. The number of carbonyl (C=O) groups is 2. The van der Waals surface area contributed by atoms with Crippen LogP contribution in [0.3, 0.4) is 0 Å². The summed E-state index contributed by atoms with van der Waals surface area (Å²) in [6, 6.07) is 3.75. The molecule has 0 saturated carbocycles. The summed E-state index contributed by atoms with van der Waals surface area (Å²) in [5.74, 6) is 0.387. The Balaban J connectivity index is 1.79. The van der Waals surface area contributed by atoms with Gasteiger partial charge < -0.3 is 10.6 Å². The molecule has 2 amide bonds. The van der Waals surface area contributed by atoms with Crippen molar-refractivity contribution in [2.75, 3.05) is 11.9 Å². The molecule has 0 fully saturated rings. The van der Waals surface area contributed by atoms with Gasteiger partial charge in [0.2, 0.25) is 5.91 Å². The van der Waals surface area contributed by atoms with Crippen molar-refractivity contribution in [1.29, 1.82) is 0 Å². The monoisotopic (exact) mass is 320 g/mol. The van der Waals surface area contributed by atoms with E-state index in [1.54, 1.807) is 28.4 Å². The molecule has 0 spiro atoms. The van der Waals surface area contributed by atoms with Crippen molar-refractivity contribution in [1.82, 2.24) is 15.1 Å². The highest BCUT2D eigenvalue weighted by Crippen LogP contribution is 2.16. The van der Waals surface area contributed by atoms with Crippen LogP contribution in [0, 0.1) is 0 Å². The number of hydrogen-bond donors (Lipinski definition) is 2. The smallest absolute Gasteiger partial charge is 0.252 e. The van der Waals surface area contributed by atoms with E-state index in [1.807, 2.05) is 12.3 Å². The summed E-state index contributed by atoms with van der Waals surface area (Å²) in [5.41, 5.74) is 0.625. The summed E-state index contributed by atoms with van der Waals surface area (Å²) in [4.78, 5) is 23.7. The number of nitrogens with one attached hydrogen (secondary N) is 2. The third-order valence-corrected chi connectivity index (χ3v) is 4.05. The molecule has 118 valence electrons. The lowest BCUT2D eigenvalue weighted by molar-refractivity contribution is -0.116. The zero-order valence-corrected chi connectivity index (χ0v) is 13.5. The van der Waals surface area contributed by atoms with E-state index in [1.165, 1.54) is 11.3 Å². The van der Waals surface area contributed by atoms with E-state index in [9.17, 15) is 9.59 Å². The highest BCUT2D eigenvalue weighted by atomic mass is 32.1. The third kappa shape index (κ3) is 4.17. The van der Waals surface area contributed by atoms with E-state index in [2.05, 4.69) is 22.7 Å². The Morgan fingerprint density at radius 2 is 2.23 bits per heavy atom. The van der Waals surface area contributed by atoms with Gasteiger partial charge in [0, 0.05) is 30.0 Å².